The summed E-state index contributed by atoms with van der Waals surface area (Å²) in [4.78, 5) is 15.0. The van der Waals surface area contributed by atoms with Gasteiger partial charge >= 0.3 is 0 Å². The molecule has 1 saturated heterocycles. The number of hydrogen-bond donors (Lipinski definition) is 3. The quantitative estimate of drug-likeness (QED) is 0.671. The number of rotatable bonds is 5. The molecule has 0 spiro atoms. The molecular formula is C21H25ClFN3O2+2. The summed E-state index contributed by atoms with van der Waals surface area (Å²) in [6, 6.07) is 10.7. The lowest BCUT2D eigenvalue weighted by Crippen LogP contribution is -3.28. The van der Waals surface area contributed by atoms with Crippen molar-refractivity contribution in [3.8, 4) is 5.75 Å². The highest BCUT2D eigenvalue weighted by atomic mass is 35.5. The SMILES string of the molecule is O=C(C[NH+]1CC[NH+](Cc2ccc3c(c2)CCO3)CC1)Nc1cc(Cl)ccc1F. The molecule has 5 nitrogen and oxygen atoms in total. The number of nitrogens with one attached hydrogen (secondary N) is 3. The fraction of sp³-hybridized carbons (Fsp3) is 0.381. The number of halogens is 2. The molecule has 2 aromatic rings. The van der Waals surface area contributed by atoms with Gasteiger partial charge in [-0.2, -0.15) is 0 Å². The zero-order valence-corrected chi connectivity index (χ0v) is 16.4. The van der Waals surface area contributed by atoms with Gasteiger partial charge in [0.05, 0.1) is 12.3 Å². The van der Waals surface area contributed by atoms with Crippen LogP contribution in [0.5, 0.6) is 5.75 Å². The molecule has 0 aliphatic carbocycles. The van der Waals surface area contributed by atoms with E-state index in [1.807, 2.05) is 0 Å². The van der Waals surface area contributed by atoms with Gasteiger partial charge in [0, 0.05) is 17.0 Å². The molecule has 3 N–H and O–H groups in total. The molecule has 1 fully saturated rings. The number of carbonyl (C=O) groups excluding carboxylic acids is 1. The Kier molecular flexibility index (Phi) is 5.80. The maximum Gasteiger partial charge on any atom is 0.279 e. The van der Waals surface area contributed by atoms with Crippen molar-refractivity contribution in [2.24, 2.45) is 0 Å². The molecule has 4 rings (SSSR count). The van der Waals surface area contributed by atoms with Crippen LogP contribution in [-0.2, 0) is 17.8 Å². The molecule has 0 atom stereocenters. The number of ether oxygens (including phenoxy) is 1. The summed E-state index contributed by atoms with van der Waals surface area (Å²) >= 11 is 5.87. The van der Waals surface area contributed by atoms with Crippen LogP contribution in [0.1, 0.15) is 11.1 Å². The van der Waals surface area contributed by atoms with Crippen molar-refractivity contribution in [1.29, 1.82) is 0 Å². The molecule has 2 heterocycles. The van der Waals surface area contributed by atoms with Crippen molar-refractivity contribution in [1.82, 2.24) is 0 Å². The summed E-state index contributed by atoms with van der Waals surface area (Å²) < 4.78 is 19.3. The number of hydrogen-bond acceptors (Lipinski definition) is 2. The van der Waals surface area contributed by atoms with Crippen molar-refractivity contribution in [3.05, 3.63) is 58.4 Å². The number of piperazine rings is 1. The summed E-state index contributed by atoms with van der Waals surface area (Å²) in [6.45, 7) is 6.01. The Balaban J connectivity index is 1.25. The maximum atomic E-state index is 13.8. The van der Waals surface area contributed by atoms with Gasteiger partial charge in [0.1, 0.15) is 44.3 Å². The third kappa shape index (κ3) is 4.63. The second-order valence-corrected chi connectivity index (χ2v) is 8.00. The van der Waals surface area contributed by atoms with Gasteiger partial charge in [-0.3, -0.25) is 4.79 Å². The highest BCUT2D eigenvalue weighted by Crippen LogP contribution is 2.25. The Morgan fingerprint density at radius 3 is 2.71 bits per heavy atom. The zero-order valence-electron chi connectivity index (χ0n) is 15.7. The van der Waals surface area contributed by atoms with Crippen LogP contribution in [0.25, 0.3) is 0 Å². The molecule has 28 heavy (non-hydrogen) atoms. The molecule has 0 unspecified atom stereocenters. The van der Waals surface area contributed by atoms with E-state index in [0.717, 1.165) is 51.5 Å². The van der Waals surface area contributed by atoms with Gasteiger partial charge in [0.2, 0.25) is 0 Å². The van der Waals surface area contributed by atoms with Crippen LogP contribution in [0, 0.1) is 5.82 Å². The van der Waals surface area contributed by atoms with Gasteiger partial charge in [0.25, 0.3) is 5.91 Å². The zero-order chi connectivity index (χ0) is 19.5. The second kappa shape index (κ2) is 8.47. The summed E-state index contributed by atoms with van der Waals surface area (Å²) in [6.07, 6.45) is 0.999. The first-order valence-electron chi connectivity index (χ1n) is 9.73. The first-order chi connectivity index (χ1) is 13.6. The van der Waals surface area contributed by atoms with E-state index >= 15 is 0 Å². The number of carbonyl (C=O) groups is 1. The minimum Gasteiger partial charge on any atom is -0.493 e. The Bertz CT molecular complexity index is 869. The van der Waals surface area contributed by atoms with E-state index in [9.17, 15) is 9.18 Å². The van der Waals surface area contributed by atoms with Crippen LogP contribution in [0.4, 0.5) is 10.1 Å². The van der Waals surface area contributed by atoms with Crippen molar-refractivity contribution in [2.75, 3.05) is 44.6 Å². The lowest BCUT2D eigenvalue weighted by atomic mass is 10.1. The number of amides is 1. The molecule has 0 saturated carbocycles. The molecule has 2 aromatic carbocycles. The number of anilines is 1. The van der Waals surface area contributed by atoms with Crippen molar-refractivity contribution in [2.45, 2.75) is 13.0 Å². The second-order valence-electron chi connectivity index (χ2n) is 7.57. The van der Waals surface area contributed by atoms with Crippen molar-refractivity contribution < 1.29 is 23.7 Å². The Labute approximate surface area is 169 Å². The summed E-state index contributed by atoms with van der Waals surface area (Å²) in [5.41, 5.74) is 2.80. The first kappa shape index (κ1) is 19.2. The Hall–Kier alpha value is -2.15. The minimum atomic E-state index is -0.471. The van der Waals surface area contributed by atoms with E-state index < -0.39 is 5.82 Å². The Morgan fingerprint density at radius 2 is 1.89 bits per heavy atom. The van der Waals surface area contributed by atoms with E-state index in [4.69, 9.17) is 16.3 Å². The van der Waals surface area contributed by atoms with Gasteiger partial charge < -0.3 is 19.9 Å². The fourth-order valence-corrected chi connectivity index (χ4v) is 4.14. The van der Waals surface area contributed by atoms with E-state index in [0.29, 0.717) is 11.6 Å². The predicted octanol–water partition coefficient (Wildman–Crippen LogP) is 0.336. The summed E-state index contributed by atoms with van der Waals surface area (Å²) in [5.74, 6) is 0.371. The normalized spacial score (nSPS) is 21.1. The van der Waals surface area contributed by atoms with E-state index in [1.54, 1.807) is 0 Å². The molecule has 7 heteroatoms. The van der Waals surface area contributed by atoms with Gasteiger partial charge in [0.15, 0.2) is 6.54 Å². The van der Waals surface area contributed by atoms with Crippen LogP contribution < -0.4 is 19.9 Å². The number of quaternary nitrogens is 2. The number of benzene rings is 2. The van der Waals surface area contributed by atoms with Crippen LogP contribution in [0.2, 0.25) is 5.02 Å². The summed E-state index contributed by atoms with van der Waals surface area (Å²) in [7, 11) is 0. The predicted molar refractivity (Wildman–Crippen MR) is 106 cm³/mol. The van der Waals surface area contributed by atoms with Gasteiger partial charge in [-0.1, -0.05) is 11.6 Å². The smallest absolute Gasteiger partial charge is 0.279 e. The summed E-state index contributed by atoms with van der Waals surface area (Å²) in [5, 5.41) is 3.04. The highest BCUT2D eigenvalue weighted by Gasteiger charge is 2.25. The largest absolute Gasteiger partial charge is 0.493 e. The maximum absolute atomic E-state index is 13.8. The van der Waals surface area contributed by atoms with Gasteiger partial charge in [-0.25, -0.2) is 4.39 Å². The number of fused-ring (bicyclic) bond motifs is 1. The molecule has 1 amide bonds. The minimum absolute atomic E-state index is 0.141. The molecule has 0 radical (unpaired) electrons. The molecule has 2 aliphatic rings. The van der Waals surface area contributed by atoms with Crippen molar-refractivity contribution in [3.63, 3.8) is 0 Å². The van der Waals surface area contributed by atoms with Crippen molar-refractivity contribution >= 4 is 23.2 Å². The molecule has 148 valence electrons. The van der Waals surface area contributed by atoms with Gasteiger partial charge in [-0.05, 0) is 42.0 Å². The van der Waals surface area contributed by atoms with E-state index in [2.05, 4.69) is 23.5 Å². The third-order valence-electron chi connectivity index (χ3n) is 5.49. The molecular weight excluding hydrogens is 381 g/mol. The molecule has 2 aliphatic heterocycles. The molecule has 0 aromatic heterocycles. The third-order valence-corrected chi connectivity index (χ3v) is 5.72. The van der Waals surface area contributed by atoms with Crippen LogP contribution in [0.3, 0.4) is 0 Å². The lowest BCUT2D eigenvalue weighted by Gasteiger charge is -2.29. The monoisotopic (exact) mass is 405 g/mol. The first-order valence-corrected chi connectivity index (χ1v) is 10.1. The van der Waals surface area contributed by atoms with Crippen LogP contribution in [-0.4, -0.2) is 45.2 Å². The topological polar surface area (TPSA) is 47.2 Å². The fourth-order valence-electron chi connectivity index (χ4n) is 3.96. The lowest BCUT2D eigenvalue weighted by molar-refractivity contribution is -1.02. The average molecular weight is 406 g/mol. The molecule has 0 bridgehead atoms. The van der Waals surface area contributed by atoms with E-state index in [-0.39, 0.29) is 11.6 Å². The van der Waals surface area contributed by atoms with Crippen LogP contribution >= 0.6 is 11.6 Å². The Morgan fingerprint density at radius 1 is 1.11 bits per heavy atom. The highest BCUT2D eigenvalue weighted by molar-refractivity contribution is 6.30. The van der Waals surface area contributed by atoms with Gasteiger partial charge in [-0.15, -0.1) is 0 Å². The van der Waals surface area contributed by atoms with Crippen LogP contribution in [0.15, 0.2) is 36.4 Å². The average Bonchev–Trinajstić information content (AvgIpc) is 3.14. The standard InChI is InChI=1S/C21H23ClFN3O2/c22-17-2-3-18(23)19(12-17)24-21(27)14-26-8-6-25(7-9-26)13-15-1-4-20-16(11-15)5-10-28-20/h1-4,11-12H,5-10,13-14H2,(H,24,27)/p+2. The van der Waals surface area contributed by atoms with E-state index in [1.165, 1.54) is 39.1 Å².